The van der Waals surface area contributed by atoms with Crippen LogP contribution in [0.15, 0.2) is 24.3 Å². The number of fused-ring (bicyclic) bond motifs is 1. The first-order chi connectivity index (χ1) is 15.0. The number of thioether (sulfide) groups is 1. The van der Waals surface area contributed by atoms with Gasteiger partial charge in [-0.3, -0.25) is 0 Å². The maximum Gasteiger partial charge on any atom is 0.168 e. The molecule has 2 saturated heterocycles. The van der Waals surface area contributed by atoms with Gasteiger partial charge in [0, 0.05) is 37.3 Å². The van der Waals surface area contributed by atoms with Gasteiger partial charge in [0.25, 0.3) is 0 Å². The van der Waals surface area contributed by atoms with Crippen molar-refractivity contribution in [1.29, 1.82) is 0 Å². The molecule has 1 N–H and O–H groups in total. The van der Waals surface area contributed by atoms with Gasteiger partial charge in [-0.25, -0.2) is 13.2 Å². The summed E-state index contributed by atoms with van der Waals surface area (Å²) in [7, 11) is 0. The molecule has 0 radical (unpaired) electrons. The summed E-state index contributed by atoms with van der Waals surface area (Å²) in [4.78, 5) is 2.67. The summed E-state index contributed by atoms with van der Waals surface area (Å²) in [5, 5.41) is 11.6. The molecule has 2 aromatic rings. The SMILES string of the molecule is Fc1cc(F)c(F)c(-c2ccc(N[C@H]3C[C@@H]4CN(CC5CCSCC5)C[C@@H]4C3)nn2)c1. The maximum absolute atomic E-state index is 14.0. The molecule has 0 spiro atoms. The Kier molecular flexibility index (Phi) is 6.10. The first-order valence-corrected chi connectivity index (χ1v) is 12.3. The van der Waals surface area contributed by atoms with Crippen molar-refractivity contribution in [2.45, 2.75) is 31.7 Å². The minimum absolute atomic E-state index is 0.112. The van der Waals surface area contributed by atoms with Crippen molar-refractivity contribution in [1.82, 2.24) is 15.1 Å². The standard InChI is InChI=1S/C23H27F3N4S/c24-17-9-19(23(26)20(25)10-17)21-1-2-22(29-28-21)27-18-7-15-12-30(13-16(15)8-18)11-14-3-5-31-6-4-14/h1-2,9-10,14-16,18H,3-8,11-13H2,(H,27,29)/t15-,16+,18+. The van der Waals surface area contributed by atoms with Crippen LogP contribution < -0.4 is 5.32 Å². The number of aromatic nitrogens is 2. The molecule has 166 valence electrons. The molecule has 0 unspecified atom stereocenters. The van der Waals surface area contributed by atoms with Gasteiger partial charge >= 0.3 is 0 Å². The number of likely N-dealkylation sites (tertiary alicyclic amines) is 1. The average molecular weight is 449 g/mol. The molecule has 8 heteroatoms. The van der Waals surface area contributed by atoms with Crippen molar-refractivity contribution in [3.63, 3.8) is 0 Å². The molecule has 3 heterocycles. The summed E-state index contributed by atoms with van der Waals surface area (Å²) in [5.74, 6) is 2.40. The number of hydrogen-bond donors (Lipinski definition) is 1. The number of rotatable bonds is 5. The highest BCUT2D eigenvalue weighted by Gasteiger charge is 2.41. The van der Waals surface area contributed by atoms with Crippen LogP contribution in [0.5, 0.6) is 0 Å². The van der Waals surface area contributed by atoms with Gasteiger partial charge < -0.3 is 10.2 Å². The van der Waals surface area contributed by atoms with Crippen LogP contribution in [0, 0.1) is 35.2 Å². The fraction of sp³-hybridized carbons (Fsp3) is 0.565. The molecule has 3 fully saturated rings. The van der Waals surface area contributed by atoms with E-state index in [1.807, 2.05) is 0 Å². The first kappa shape index (κ1) is 21.1. The highest BCUT2D eigenvalue weighted by molar-refractivity contribution is 7.99. The van der Waals surface area contributed by atoms with Crippen LogP contribution in [0.1, 0.15) is 25.7 Å². The lowest BCUT2D eigenvalue weighted by atomic mass is 10.0. The third kappa shape index (κ3) is 4.70. The van der Waals surface area contributed by atoms with Crippen LogP contribution >= 0.6 is 11.8 Å². The summed E-state index contributed by atoms with van der Waals surface area (Å²) in [6, 6.07) is 5.06. The monoisotopic (exact) mass is 448 g/mol. The van der Waals surface area contributed by atoms with E-state index in [4.69, 9.17) is 0 Å². The Morgan fingerprint density at radius 1 is 1.00 bits per heavy atom. The molecular formula is C23H27F3N4S. The highest BCUT2D eigenvalue weighted by Crippen LogP contribution is 2.40. The normalized spacial score (nSPS) is 26.9. The van der Waals surface area contributed by atoms with Crippen LogP contribution in [0.3, 0.4) is 0 Å². The molecule has 1 aromatic heterocycles. The second-order valence-corrected chi connectivity index (χ2v) is 10.4. The van der Waals surface area contributed by atoms with Gasteiger partial charge in [-0.2, -0.15) is 11.8 Å². The Morgan fingerprint density at radius 2 is 1.74 bits per heavy atom. The molecule has 1 aliphatic carbocycles. The smallest absolute Gasteiger partial charge is 0.168 e. The van der Waals surface area contributed by atoms with E-state index >= 15 is 0 Å². The van der Waals surface area contributed by atoms with Crippen molar-refractivity contribution < 1.29 is 13.2 Å². The van der Waals surface area contributed by atoms with Gasteiger partial charge in [0.15, 0.2) is 11.6 Å². The summed E-state index contributed by atoms with van der Waals surface area (Å²) in [5.41, 5.74) is -0.106. The van der Waals surface area contributed by atoms with Crippen molar-refractivity contribution in [2.24, 2.45) is 17.8 Å². The Bertz CT molecular complexity index is 906. The minimum atomic E-state index is -1.23. The predicted molar refractivity (Wildman–Crippen MR) is 117 cm³/mol. The summed E-state index contributed by atoms with van der Waals surface area (Å²) < 4.78 is 40.9. The summed E-state index contributed by atoms with van der Waals surface area (Å²) >= 11 is 2.09. The van der Waals surface area contributed by atoms with Gasteiger partial charge in [0.2, 0.25) is 0 Å². The molecule has 5 rings (SSSR count). The topological polar surface area (TPSA) is 41.0 Å². The molecule has 3 atom stereocenters. The molecule has 31 heavy (non-hydrogen) atoms. The lowest BCUT2D eigenvalue weighted by Gasteiger charge is -2.27. The van der Waals surface area contributed by atoms with Crippen molar-refractivity contribution in [3.05, 3.63) is 41.7 Å². The van der Waals surface area contributed by atoms with Gasteiger partial charge in [0.1, 0.15) is 11.6 Å². The molecule has 2 aliphatic heterocycles. The Labute approximate surface area is 185 Å². The molecule has 3 aliphatic rings. The van der Waals surface area contributed by atoms with Crippen molar-refractivity contribution >= 4 is 17.6 Å². The van der Waals surface area contributed by atoms with Crippen LogP contribution in [0.2, 0.25) is 0 Å². The van der Waals surface area contributed by atoms with E-state index in [1.165, 1.54) is 44.0 Å². The second kappa shape index (κ2) is 8.98. The Hall–Kier alpha value is -1.80. The fourth-order valence-corrected chi connectivity index (χ4v) is 6.67. The van der Waals surface area contributed by atoms with Crippen LogP contribution in [0.4, 0.5) is 19.0 Å². The molecule has 0 bridgehead atoms. The van der Waals surface area contributed by atoms with E-state index in [0.717, 1.165) is 36.7 Å². The van der Waals surface area contributed by atoms with Crippen LogP contribution in [-0.4, -0.2) is 52.3 Å². The third-order valence-corrected chi connectivity index (χ3v) is 8.02. The third-order valence-electron chi connectivity index (χ3n) is 6.97. The Morgan fingerprint density at radius 3 is 2.42 bits per heavy atom. The van der Waals surface area contributed by atoms with Gasteiger partial charge in [-0.1, -0.05) is 0 Å². The van der Waals surface area contributed by atoms with Crippen molar-refractivity contribution in [3.8, 4) is 11.3 Å². The van der Waals surface area contributed by atoms with E-state index < -0.39 is 17.5 Å². The molecule has 1 aromatic carbocycles. The molecular weight excluding hydrogens is 421 g/mol. The predicted octanol–water partition coefficient (Wildman–Crippen LogP) is 4.83. The maximum atomic E-state index is 14.0. The van der Waals surface area contributed by atoms with E-state index in [-0.39, 0.29) is 11.3 Å². The van der Waals surface area contributed by atoms with Crippen LogP contribution in [-0.2, 0) is 0 Å². The zero-order valence-corrected chi connectivity index (χ0v) is 18.2. The number of benzene rings is 1. The molecule has 1 saturated carbocycles. The van der Waals surface area contributed by atoms with Crippen LogP contribution in [0.25, 0.3) is 11.3 Å². The zero-order valence-electron chi connectivity index (χ0n) is 17.4. The average Bonchev–Trinajstić information content (AvgIpc) is 3.30. The number of anilines is 1. The van der Waals surface area contributed by atoms with Gasteiger partial charge in [-0.15, -0.1) is 10.2 Å². The Balaban J connectivity index is 1.16. The largest absolute Gasteiger partial charge is 0.366 e. The van der Waals surface area contributed by atoms with E-state index in [2.05, 4.69) is 32.2 Å². The second-order valence-electron chi connectivity index (χ2n) is 9.16. The van der Waals surface area contributed by atoms with Gasteiger partial charge in [0.05, 0.1) is 5.69 Å². The minimum Gasteiger partial charge on any atom is -0.366 e. The number of nitrogens with zero attached hydrogens (tertiary/aromatic N) is 3. The number of nitrogens with one attached hydrogen (secondary N) is 1. The van der Waals surface area contributed by atoms with E-state index in [0.29, 0.717) is 17.9 Å². The first-order valence-electron chi connectivity index (χ1n) is 11.1. The van der Waals surface area contributed by atoms with Gasteiger partial charge in [-0.05, 0) is 73.1 Å². The molecule has 0 amide bonds. The summed E-state index contributed by atoms with van der Waals surface area (Å²) in [6.45, 7) is 3.65. The number of halogens is 3. The zero-order chi connectivity index (χ0) is 21.4. The fourth-order valence-electron chi connectivity index (χ4n) is 5.46. The number of hydrogen-bond acceptors (Lipinski definition) is 5. The lowest BCUT2D eigenvalue weighted by molar-refractivity contribution is 0.249. The quantitative estimate of drug-likeness (QED) is 0.664. The van der Waals surface area contributed by atoms with E-state index in [1.54, 1.807) is 12.1 Å². The highest BCUT2D eigenvalue weighted by atomic mass is 32.2. The molecule has 4 nitrogen and oxygen atoms in total. The summed E-state index contributed by atoms with van der Waals surface area (Å²) in [6.07, 6.45) is 4.97. The lowest BCUT2D eigenvalue weighted by Crippen LogP contribution is -2.31. The van der Waals surface area contributed by atoms with E-state index in [9.17, 15) is 13.2 Å². The van der Waals surface area contributed by atoms with Crippen molar-refractivity contribution in [2.75, 3.05) is 36.5 Å².